The van der Waals surface area contributed by atoms with E-state index >= 15 is 0 Å². The third-order valence-electron chi connectivity index (χ3n) is 4.62. The van der Waals surface area contributed by atoms with Crippen LogP contribution in [0.4, 0.5) is 4.79 Å². The number of hydrogen-bond acceptors (Lipinski definition) is 3. The van der Waals surface area contributed by atoms with Crippen molar-refractivity contribution in [2.24, 2.45) is 11.3 Å². The van der Waals surface area contributed by atoms with Gasteiger partial charge in [-0.15, -0.1) is 0 Å². The van der Waals surface area contributed by atoms with Gasteiger partial charge in [-0.2, -0.15) is 0 Å². The average Bonchev–Trinajstić information content (AvgIpc) is 2.85. The van der Waals surface area contributed by atoms with Crippen molar-refractivity contribution in [3.63, 3.8) is 0 Å². The molecule has 2 rings (SSSR count). The van der Waals surface area contributed by atoms with E-state index in [0.717, 1.165) is 6.42 Å². The molecule has 1 saturated heterocycles. The Hall–Kier alpha value is -0.770. The lowest BCUT2D eigenvalue weighted by molar-refractivity contribution is 0.0269. The first kappa shape index (κ1) is 15.6. The molecule has 0 spiro atoms. The first-order valence-corrected chi connectivity index (χ1v) is 7.85. The predicted molar refractivity (Wildman–Crippen MR) is 78.5 cm³/mol. The highest BCUT2D eigenvalue weighted by molar-refractivity contribution is 5.68. The van der Waals surface area contributed by atoms with Crippen molar-refractivity contribution in [2.45, 2.75) is 71.5 Å². The zero-order valence-electron chi connectivity index (χ0n) is 13.3. The summed E-state index contributed by atoms with van der Waals surface area (Å²) >= 11 is 0. The van der Waals surface area contributed by atoms with Crippen LogP contribution in [-0.4, -0.2) is 40.9 Å². The Morgan fingerprint density at radius 1 is 1.30 bits per heavy atom. The highest BCUT2D eigenvalue weighted by Crippen LogP contribution is 2.44. The average molecular weight is 283 g/mol. The summed E-state index contributed by atoms with van der Waals surface area (Å²) in [5, 5.41) is 10.2. The summed E-state index contributed by atoms with van der Waals surface area (Å²) in [6.07, 6.45) is 5.43. The number of hydrogen-bond donors (Lipinski definition) is 1. The number of likely N-dealkylation sites (tertiary alicyclic amines) is 1. The zero-order valence-corrected chi connectivity index (χ0v) is 13.3. The van der Waals surface area contributed by atoms with E-state index < -0.39 is 11.7 Å². The van der Waals surface area contributed by atoms with Gasteiger partial charge in [-0.05, 0) is 45.4 Å². The lowest BCUT2D eigenvalue weighted by Gasteiger charge is -2.28. The van der Waals surface area contributed by atoms with Gasteiger partial charge in [0, 0.05) is 12.5 Å². The standard InChI is InChI=1S/C16H29NO3/c1-15(2,3)20-14(19)17-10-12(13(18)11-17)9-16(4)7-5-6-8-16/h12-13,18H,5-11H2,1-4H3. The van der Waals surface area contributed by atoms with Crippen molar-refractivity contribution >= 4 is 6.09 Å². The molecule has 4 heteroatoms. The lowest BCUT2D eigenvalue weighted by Crippen LogP contribution is -2.36. The van der Waals surface area contributed by atoms with Gasteiger partial charge in [-0.25, -0.2) is 4.79 Å². The summed E-state index contributed by atoms with van der Waals surface area (Å²) in [5.74, 6) is 0.200. The molecule has 0 aromatic rings. The fourth-order valence-corrected chi connectivity index (χ4v) is 3.60. The molecule has 1 aliphatic heterocycles. The van der Waals surface area contributed by atoms with Gasteiger partial charge in [0.05, 0.1) is 12.6 Å². The maximum atomic E-state index is 12.1. The second-order valence-corrected chi connectivity index (χ2v) is 7.93. The van der Waals surface area contributed by atoms with Gasteiger partial charge in [0.2, 0.25) is 0 Å². The van der Waals surface area contributed by atoms with Crippen LogP contribution < -0.4 is 0 Å². The normalized spacial score (nSPS) is 29.8. The number of aliphatic hydroxyl groups excluding tert-OH is 1. The first-order valence-electron chi connectivity index (χ1n) is 7.85. The molecule has 20 heavy (non-hydrogen) atoms. The third-order valence-corrected chi connectivity index (χ3v) is 4.62. The van der Waals surface area contributed by atoms with E-state index in [0.29, 0.717) is 18.5 Å². The predicted octanol–water partition coefficient (Wildman–Crippen LogP) is 3.18. The fourth-order valence-electron chi connectivity index (χ4n) is 3.60. The molecule has 2 unspecified atom stereocenters. The summed E-state index contributed by atoms with van der Waals surface area (Å²) in [5.41, 5.74) is -0.118. The molecular weight excluding hydrogens is 254 g/mol. The minimum Gasteiger partial charge on any atom is -0.444 e. The van der Waals surface area contributed by atoms with Crippen molar-refractivity contribution in [3.05, 3.63) is 0 Å². The molecule has 116 valence electrons. The van der Waals surface area contributed by atoms with Crippen molar-refractivity contribution in [3.8, 4) is 0 Å². The van der Waals surface area contributed by atoms with Crippen LogP contribution in [0.5, 0.6) is 0 Å². The Labute approximate surface area is 122 Å². The minimum absolute atomic E-state index is 0.200. The van der Waals surface area contributed by atoms with E-state index in [-0.39, 0.29) is 12.0 Å². The van der Waals surface area contributed by atoms with Gasteiger partial charge in [0.1, 0.15) is 5.60 Å². The molecule has 1 heterocycles. The number of carbonyl (C=O) groups is 1. The Balaban J connectivity index is 1.90. The number of rotatable bonds is 2. The van der Waals surface area contributed by atoms with Crippen molar-refractivity contribution in [1.29, 1.82) is 0 Å². The van der Waals surface area contributed by atoms with Gasteiger partial charge in [0.25, 0.3) is 0 Å². The molecule has 4 nitrogen and oxygen atoms in total. The van der Waals surface area contributed by atoms with Crippen LogP contribution in [-0.2, 0) is 4.74 Å². The molecule has 2 fully saturated rings. The molecule has 2 aliphatic rings. The van der Waals surface area contributed by atoms with Crippen LogP contribution in [0.25, 0.3) is 0 Å². The van der Waals surface area contributed by atoms with Crippen molar-refractivity contribution in [2.75, 3.05) is 13.1 Å². The van der Waals surface area contributed by atoms with E-state index in [4.69, 9.17) is 4.74 Å². The Morgan fingerprint density at radius 2 is 1.90 bits per heavy atom. The monoisotopic (exact) mass is 283 g/mol. The summed E-state index contributed by atoms with van der Waals surface area (Å²) in [6.45, 7) is 8.97. The maximum absolute atomic E-state index is 12.1. The molecule has 1 amide bonds. The first-order chi connectivity index (χ1) is 9.19. The summed E-state index contributed by atoms with van der Waals surface area (Å²) in [4.78, 5) is 13.7. The number of nitrogens with zero attached hydrogens (tertiary/aromatic N) is 1. The molecule has 1 aliphatic carbocycles. The Bertz CT molecular complexity index is 355. The molecule has 0 radical (unpaired) electrons. The zero-order chi connectivity index (χ0) is 15.0. The molecule has 0 aromatic carbocycles. The second-order valence-electron chi connectivity index (χ2n) is 7.93. The van der Waals surface area contributed by atoms with Crippen molar-refractivity contribution in [1.82, 2.24) is 4.90 Å². The SMILES string of the molecule is CC1(CC2CN(C(=O)OC(C)(C)C)CC2O)CCCC1. The number of carbonyl (C=O) groups excluding carboxylic acids is 1. The Kier molecular flexibility index (Phi) is 4.33. The third kappa shape index (κ3) is 3.87. The van der Waals surface area contributed by atoms with E-state index in [1.165, 1.54) is 25.7 Å². The van der Waals surface area contributed by atoms with Crippen LogP contribution in [0, 0.1) is 11.3 Å². The van der Waals surface area contributed by atoms with E-state index in [1.807, 2.05) is 20.8 Å². The summed E-state index contributed by atoms with van der Waals surface area (Å²) < 4.78 is 5.39. The van der Waals surface area contributed by atoms with Gasteiger partial charge < -0.3 is 14.7 Å². The van der Waals surface area contributed by atoms with E-state index in [2.05, 4.69) is 6.92 Å². The Morgan fingerprint density at radius 3 is 2.45 bits per heavy atom. The van der Waals surface area contributed by atoms with E-state index in [1.54, 1.807) is 4.90 Å². The van der Waals surface area contributed by atoms with Crippen LogP contribution in [0.1, 0.15) is 59.8 Å². The smallest absolute Gasteiger partial charge is 0.410 e. The lowest BCUT2D eigenvalue weighted by atomic mass is 9.78. The van der Waals surface area contributed by atoms with Crippen LogP contribution in [0.2, 0.25) is 0 Å². The number of amides is 1. The fraction of sp³-hybridized carbons (Fsp3) is 0.938. The van der Waals surface area contributed by atoms with Crippen LogP contribution in [0.3, 0.4) is 0 Å². The van der Waals surface area contributed by atoms with Crippen LogP contribution in [0.15, 0.2) is 0 Å². The summed E-state index contributed by atoms with van der Waals surface area (Å²) in [7, 11) is 0. The van der Waals surface area contributed by atoms with Gasteiger partial charge in [0.15, 0.2) is 0 Å². The highest BCUT2D eigenvalue weighted by Gasteiger charge is 2.40. The van der Waals surface area contributed by atoms with Crippen molar-refractivity contribution < 1.29 is 14.6 Å². The van der Waals surface area contributed by atoms with Crippen LogP contribution >= 0.6 is 0 Å². The quantitative estimate of drug-likeness (QED) is 0.846. The second kappa shape index (κ2) is 5.55. The molecule has 1 N–H and O–H groups in total. The van der Waals surface area contributed by atoms with Gasteiger partial charge in [-0.1, -0.05) is 19.8 Å². The van der Waals surface area contributed by atoms with Gasteiger partial charge >= 0.3 is 6.09 Å². The molecular formula is C16H29NO3. The minimum atomic E-state index is -0.475. The molecule has 1 saturated carbocycles. The topological polar surface area (TPSA) is 49.8 Å². The highest BCUT2D eigenvalue weighted by atomic mass is 16.6. The number of aliphatic hydroxyl groups is 1. The number of β-amino-alcohol motifs (C(OH)–C–C–N with tert-alkyl or cyclic N) is 1. The number of ether oxygens (including phenoxy) is 1. The molecule has 0 bridgehead atoms. The largest absolute Gasteiger partial charge is 0.444 e. The maximum Gasteiger partial charge on any atom is 0.410 e. The molecule has 0 aromatic heterocycles. The van der Waals surface area contributed by atoms with E-state index in [9.17, 15) is 9.90 Å². The van der Waals surface area contributed by atoms with Gasteiger partial charge in [-0.3, -0.25) is 0 Å². The molecule has 2 atom stereocenters. The summed E-state index contributed by atoms with van der Waals surface area (Å²) in [6, 6.07) is 0.